The fraction of sp³-hybridized carbons (Fsp3) is 0.340. The van der Waals surface area contributed by atoms with E-state index in [4.69, 9.17) is 28.7 Å². The number of para-hydroxylation sites is 2. The SMILES string of the molecule is N#CC(C#N)=c1c2ccccc2n2c(=O)c3cc(N4CCC(C(=O)OCCOCCOCCOCCOC(=O)C5CCN(c6ccc7nc8n(c(=O)c7c6)-c6ccccc6C8=O)CC5)CC4)ccc3nc12. The van der Waals surface area contributed by atoms with Crippen molar-refractivity contribution in [2.24, 2.45) is 11.8 Å². The Hall–Kier alpha value is -8.03. The van der Waals surface area contributed by atoms with Crippen LogP contribution in [0.5, 0.6) is 0 Å². The molecule has 6 heterocycles. The molecular formula is C53H48N8O10. The normalized spacial score (nSPS) is 15.0. The van der Waals surface area contributed by atoms with Gasteiger partial charge >= 0.3 is 11.9 Å². The first kappa shape index (κ1) is 46.7. The Morgan fingerprint density at radius 3 is 1.68 bits per heavy atom. The average Bonchev–Trinajstić information content (AvgIpc) is 3.89. The number of piperidine rings is 2. The molecule has 18 heteroatoms. The van der Waals surface area contributed by atoms with Crippen LogP contribution in [0.15, 0.2) is 94.5 Å². The lowest BCUT2D eigenvalue weighted by atomic mass is 9.96. The van der Waals surface area contributed by atoms with Crippen LogP contribution in [0, 0.1) is 34.5 Å². The molecule has 0 atom stereocenters. The maximum absolute atomic E-state index is 13.9. The van der Waals surface area contributed by atoms with Crippen molar-refractivity contribution in [3.8, 4) is 17.8 Å². The second kappa shape index (κ2) is 20.5. The van der Waals surface area contributed by atoms with Crippen molar-refractivity contribution >= 4 is 73.0 Å². The van der Waals surface area contributed by atoms with Gasteiger partial charge in [-0.2, -0.15) is 10.5 Å². The first-order valence-electron chi connectivity index (χ1n) is 23.7. The van der Waals surface area contributed by atoms with Crippen LogP contribution in [0.4, 0.5) is 11.4 Å². The minimum Gasteiger partial charge on any atom is -0.463 e. The number of hydrogen-bond acceptors (Lipinski definition) is 16. The first-order valence-corrected chi connectivity index (χ1v) is 23.7. The standard InChI is InChI=1S/C53H48N8O10/c54-31-35(32-55)46-38-5-1-3-7-44(38)60-48(46)56-42-11-9-36(29-40(42)50(60)63)58-17-13-33(14-18-58)52(65)70-27-25-68-23-21-67-22-24-69-26-28-71-53(66)34-15-19-59(20-16-34)37-10-12-43-41(30-37)51(64)61-45-8-4-2-6-39(45)47(62)49(61)57-43/h1-12,29-30,33-34H,13-28H2. The highest BCUT2D eigenvalue weighted by atomic mass is 16.6. The zero-order valence-corrected chi connectivity index (χ0v) is 38.7. The maximum atomic E-state index is 13.9. The highest BCUT2D eigenvalue weighted by Crippen LogP contribution is 2.30. The molecule has 0 spiro atoms. The van der Waals surface area contributed by atoms with Gasteiger partial charge in [0, 0.05) is 42.9 Å². The van der Waals surface area contributed by atoms with E-state index in [-0.39, 0.29) is 84.1 Å². The Labute approximate surface area is 405 Å². The Kier molecular flexibility index (Phi) is 13.5. The third-order valence-corrected chi connectivity index (χ3v) is 13.5. The van der Waals surface area contributed by atoms with Crippen LogP contribution < -0.4 is 26.1 Å². The maximum Gasteiger partial charge on any atom is 0.309 e. The molecule has 0 unspecified atom stereocenters. The summed E-state index contributed by atoms with van der Waals surface area (Å²) >= 11 is 0. The molecule has 2 fully saturated rings. The fourth-order valence-electron chi connectivity index (χ4n) is 9.80. The van der Waals surface area contributed by atoms with Crippen LogP contribution in [0.2, 0.25) is 0 Å². The number of carbonyl (C=O) groups is 3. The molecule has 2 saturated heterocycles. The molecule has 0 N–H and O–H groups in total. The van der Waals surface area contributed by atoms with E-state index in [2.05, 4.69) is 14.8 Å². The van der Waals surface area contributed by atoms with Gasteiger partial charge in [-0.3, -0.25) is 32.9 Å². The summed E-state index contributed by atoms with van der Waals surface area (Å²) in [5.41, 5.74) is 3.79. The number of aromatic nitrogens is 4. The lowest BCUT2D eigenvalue weighted by Crippen LogP contribution is -2.37. The molecule has 3 aliphatic rings. The number of ketones is 1. The van der Waals surface area contributed by atoms with E-state index in [9.17, 15) is 34.5 Å². The van der Waals surface area contributed by atoms with Crippen molar-refractivity contribution in [2.45, 2.75) is 25.7 Å². The van der Waals surface area contributed by atoms with E-state index < -0.39 is 0 Å². The van der Waals surface area contributed by atoms with Crippen molar-refractivity contribution in [2.75, 3.05) is 88.8 Å². The van der Waals surface area contributed by atoms with Crippen LogP contribution in [-0.2, 0) is 33.3 Å². The van der Waals surface area contributed by atoms with Crippen molar-refractivity contribution in [3.63, 3.8) is 0 Å². The second-order valence-corrected chi connectivity index (χ2v) is 17.6. The minimum atomic E-state index is -0.291. The van der Waals surface area contributed by atoms with Gasteiger partial charge < -0.3 is 33.5 Å². The molecule has 7 aromatic rings. The van der Waals surface area contributed by atoms with Crippen molar-refractivity contribution in [3.05, 3.63) is 122 Å². The van der Waals surface area contributed by atoms with E-state index in [0.717, 1.165) is 11.4 Å². The van der Waals surface area contributed by atoms with E-state index in [0.29, 0.717) is 127 Å². The zero-order valence-electron chi connectivity index (χ0n) is 38.7. The highest BCUT2D eigenvalue weighted by Gasteiger charge is 2.32. The lowest BCUT2D eigenvalue weighted by molar-refractivity contribution is -0.151. The molecule has 10 rings (SSSR count). The second-order valence-electron chi connectivity index (χ2n) is 17.6. The monoisotopic (exact) mass is 956 g/mol. The average molecular weight is 957 g/mol. The smallest absolute Gasteiger partial charge is 0.309 e. The Morgan fingerprint density at radius 2 is 1.10 bits per heavy atom. The Bertz CT molecular complexity index is 3490. The van der Waals surface area contributed by atoms with Gasteiger partial charge in [0.25, 0.3) is 11.1 Å². The number of nitrogens with zero attached hydrogens (tertiary/aromatic N) is 8. The van der Waals surface area contributed by atoms with Gasteiger partial charge in [-0.05, 0) is 80.3 Å². The van der Waals surface area contributed by atoms with E-state index >= 15 is 0 Å². The molecule has 0 radical (unpaired) electrons. The number of carbonyl (C=O) groups excluding carboxylic acids is 3. The summed E-state index contributed by atoms with van der Waals surface area (Å²) in [6.45, 7) is 4.50. The van der Waals surface area contributed by atoms with Gasteiger partial charge in [0.15, 0.2) is 11.5 Å². The van der Waals surface area contributed by atoms with Gasteiger partial charge in [-0.1, -0.05) is 30.3 Å². The number of rotatable bonds is 16. The quantitative estimate of drug-likeness (QED) is 0.0966. The summed E-state index contributed by atoms with van der Waals surface area (Å²) in [7, 11) is 0. The number of ether oxygens (including phenoxy) is 5. The number of fused-ring (bicyclic) bond motifs is 8. The highest BCUT2D eigenvalue weighted by molar-refractivity contribution is 6.13. The summed E-state index contributed by atoms with van der Waals surface area (Å²) in [6, 6.07) is 29.0. The molecule has 3 aliphatic heterocycles. The zero-order chi connectivity index (χ0) is 49.0. The molecule has 0 bridgehead atoms. The van der Waals surface area contributed by atoms with Crippen molar-refractivity contribution in [1.29, 1.82) is 10.5 Å². The van der Waals surface area contributed by atoms with Crippen LogP contribution >= 0.6 is 0 Å². The molecule has 360 valence electrons. The summed E-state index contributed by atoms with van der Waals surface area (Å²) < 4.78 is 30.6. The molecule has 18 nitrogen and oxygen atoms in total. The first-order chi connectivity index (χ1) is 34.7. The Morgan fingerprint density at radius 1 is 0.592 bits per heavy atom. The van der Waals surface area contributed by atoms with Crippen molar-refractivity contribution < 1.29 is 38.1 Å². The molecule has 3 aromatic heterocycles. The molecule has 0 saturated carbocycles. The van der Waals surface area contributed by atoms with Gasteiger partial charge in [-0.25, -0.2) is 9.97 Å². The van der Waals surface area contributed by atoms with E-state index in [1.807, 2.05) is 36.4 Å². The topological polar surface area (TPSA) is 221 Å². The number of anilines is 2. The fourth-order valence-corrected chi connectivity index (χ4v) is 9.80. The molecular weight excluding hydrogens is 909 g/mol. The van der Waals surface area contributed by atoms with Crippen molar-refractivity contribution in [1.82, 2.24) is 18.9 Å². The van der Waals surface area contributed by atoms with Crippen LogP contribution in [0.25, 0.3) is 49.6 Å². The van der Waals surface area contributed by atoms with Crippen LogP contribution in [0.1, 0.15) is 41.9 Å². The number of hydrogen-bond donors (Lipinski definition) is 0. The lowest BCUT2D eigenvalue weighted by Gasteiger charge is -2.32. The van der Waals surface area contributed by atoms with Crippen LogP contribution in [-0.4, -0.2) is 116 Å². The predicted molar refractivity (Wildman–Crippen MR) is 261 cm³/mol. The molecule has 71 heavy (non-hydrogen) atoms. The van der Waals surface area contributed by atoms with Gasteiger partial charge in [0.1, 0.15) is 30.9 Å². The van der Waals surface area contributed by atoms with Gasteiger partial charge in [0.05, 0.1) is 95.3 Å². The third kappa shape index (κ3) is 9.16. The number of nitriles is 2. The summed E-state index contributed by atoms with van der Waals surface area (Å²) in [5.74, 6) is -1.15. The summed E-state index contributed by atoms with van der Waals surface area (Å²) in [4.78, 5) is 79.6. The largest absolute Gasteiger partial charge is 0.463 e. The third-order valence-electron chi connectivity index (χ3n) is 13.5. The number of benzene rings is 4. The van der Waals surface area contributed by atoms with Gasteiger partial charge in [-0.15, -0.1) is 0 Å². The van der Waals surface area contributed by atoms with Crippen LogP contribution in [0.3, 0.4) is 0 Å². The van der Waals surface area contributed by atoms with Gasteiger partial charge in [0.2, 0.25) is 5.78 Å². The molecule has 0 aliphatic carbocycles. The number of esters is 2. The van der Waals surface area contributed by atoms with E-state index in [1.165, 1.54) is 8.97 Å². The summed E-state index contributed by atoms with van der Waals surface area (Å²) in [5, 5.41) is 21.1. The predicted octanol–water partition coefficient (Wildman–Crippen LogP) is 4.43. The molecule has 4 aromatic carbocycles. The minimum absolute atomic E-state index is 0.107. The summed E-state index contributed by atoms with van der Waals surface area (Å²) in [6.07, 6.45) is 2.39. The van der Waals surface area contributed by atoms with E-state index in [1.54, 1.807) is 60.7 Å². The molecule has 0 amide bonds. The Balaban J connectivity index is 0.579.